The highest BCUT2D eigenvalue weighted by Gasteiger charge is 2.35. The van der Waals surface area contributed by atoms with Crippen LogP contribution in [0.5, 0.6) is 0 Å². The van der Waals surface area contributed by atoms with Gasteiger partial charge in [0.1, 0.15) is 4.21 Å². The van der Waals surface area contributed by atoms with Crippen LogP contribution in [0.3, 0.4) is 0 Å². The summed E-state index contributed by atoms with van der Waals surface area (Å²) < 4.78 is 27.9. The van der Waals surface area contributed by atoms with Gasteiger partial charge >= 0.3 is 0 Å². The van der Waals surface area contributed by atoms with Crippen LogP contribution in [0.4, 0.5) is 0 Å². The number of nitrogens with one attached hydrogen (secondary N) is 1. The molecule has 0 aliphatic carbocycles. The molecule has 120 valence electrons. The smallest absolute Gasteiger partial charge is 0.253 e. The van der Waals surface area contributed by atoms with Gasteiger partial charge in [0.15, 0.2) is 0 Å². The molecule has 8 heteroatoms. The number of thiophene rings is 1. The number of nitrogens with zero attached hydrogens (tertiary/aromatic N) is 2. The van der Waals surface area contributed by atoms with Crippen molar-refractivity contribution in [2.45, 2.75) is 17.2 Å². The highest BCUT2D eigenvalue weighted by Crippen LogP contribution is 2.32. The van der Waals surface area contributed by atoms with Crippen molar-refractivity contribution in [1.82, 2.24) is 14.6 Å². The molecule has 22 heavy (non-hydrogen) atoms. The number of pyridine rings is 1. The van der Waals surface area contributed by atoms with Gasteiger partial charge in [0.05, 0.1) is 6.04 Å². The number of aryl methyl sites for hydroxylation is 1. The fourth-order valence-corrected chi connectivity index (χ4v) is 5.70. The molecule has 1 aliphatic rings. The first-order valence-electron chi connectivity index (χ1n) is 6.77. The third-order valence-electron chi connectivity index (χ3n) is 3.62. The number of piperazine rings is 1. The Labute approximate surface area is 140 Å². The van der Waals surface area contributed by atoms with E-state index in [4.69, 9.17) is 0 Å². The summed E-state index contributed by atoms with van der Waals surface area (Å²) in [6.45, 7) is 3.58. The second kappa shape index (κ2) is 7.06. The molecular formula is C14H18ClN3O2S2. The Morgan fingerprint density at radius 3 is 2.86 bits per heavy atom. The zero-order valence-corrected chi connectivity index (χ0v) is 14.5. The van der Waals surface area contributed by atoms with E-state index in [1.165, 1.54) is 11.3 Å². The minimum atomic E-state index is -3.46. The number of halogens is 1. The van der Waals surface area contributed by atoms with E-state index in [0.717, 1.165) is 11.1 Å². The van der Waals surface area contributed by atoms with Crippen molar-refractivity contribution in [3.05, 3.63) is 47.1 Å². The molecule has 1 N–H and O–H groups in total. The molecule has 3 rings (SSSR count). The quantitative estimate of drug-likeness (QED) is 0.912. The van der Waals surface area contributed by atoms with Crippen molar-refractivity contribution in [2.75, 3.05) is 19.6 Å². The molecule has 1 saturated heterocycles. The topological polar surface area (TPSA) is 62.3 Å². The van der Waals surface area contributed by atoms with Crippen molar-refractivity contribution in [3.8, 4) is 0 Å². The minimum absolute atomic E-state index is 0. The van der Waals surface area contributed by atoms with Gasteiger partial charge < -0.3 is 5.32 Å². The number of hydrogen-bond donors (Lipinski definition) is 1. The van der Waals surface area contributed by atoms with Crippen LogP contribution >= 0.6 is 23.7 Å². The van der Waals surface area contributed by atoms with E-state index in [0.29, 0.717) is 23.8 Å². The van der Waals surface area contributed by atoms with Crippen molar-refractivity contribution < 1.29 is 8.42 Å². The predicted octanol–water partition coefficient (Wildman–Crippen LogP) is 2.21. The Bertz CT molecular complexity index is 719. The first kappa shape index (κ1) is 17.4. The number of sulfonamides is 1. The lowest BCUT2D eigenvalue weighted by Crippen LogP contribution is -2.48. The van der Waals surface area contributed by atoms with Gasteiger partial charge in [-0.05, 0) is 35.6 Å². The molecule has 1 fully saturated rings. The zero-order valence-electron chi connectivity index (χ0n) is 12.1. The molecule has 2 aromatic heterocycles. The van der Waals surface area contributed by atoms with Crippen molar-refractivity contribution in [3.63, 3.8) is 0 Å². The molecule has 1 aliphatic heterocycles. The summed E-state index contributed by atoms with van der Waals surface area (Å²) in [5, 5.41) is 5.09. The number of aromatic nitrogens is 1. The molecule has 0 bridgehead atoms. The number of rotatable bonds is 3. The molecule has 0 aromatic carbocycles. The Morgan fingerprint density at radius 2 is 2.23 bits per heavy atom. The SMILES string of the molecule is Cc1ccsc1S(=O)(=O)N1CCNCC1c1cccnc1.Cl. The summed E-state index contributed by atoms with van der Waals surface area (Å²) in [7, 11) is -3.46. The highest BCUT2D eigenvalue weighted by atomic mass is 35.5. The van der Waals surface area contributed by atoms with Gasteiger partial charge in [-0.3, -0.25) is 4.98 Å². The van der Waals surface area contributed by atoms with Crippen LogP contribution in [-0.4, -0.2) is 37.3 Å². The van der Waals surface area contributed by atoms with Gasteiger partial charge in [0, 0.05) is 32.0 Å². The van der Waals surface area contributed by atoms with Crippen LogP contribution in [0, 0.1) is 6.92 Å². The summed E-state index contributed by atoms with van der Waals surface area (Å²) >= 11 is 1.28. The fraction of sp³-hybridized carbons (Fsp3) is 0.357. The van der Waals surface area contributed by atoms with E-state index in [1.807, 2.05) is 30.5 Å². The Morgan fingerprint density at radius 1 is 1.41 bits per heavy atom. The summed E-state index contributed by atoms with van der Waals surface area (Å²) in [5.41, 5.74) is 1.73. The van der Waals surface area contributed by atoms with E-state index in [2.05, 4.69) is 10.3 Å². The lowest BCUT2D eigenvalue weighted by Gasteiger charge is -2.35. The Hall–Kier alpha value is -0.990. The molecule has 2 aromatic rings. The maximum absolute atomic E-state index is 12.9. The van der Waals surface area contributed by atoms with Gasteiger partial charge in [-0.1, -0.05) is 6.07 Å². The predicted molar refractivity (Wildman–Crippen MR) is 90.0 cm³/mol. The van der Waals surface area contributed by atoms with E-state index < -0.39 is 10.0 Å². The Kier molecular flexibility index (Phi) is 5.57. The third-order valence-corrected chi connectivity index (χ3v) is 7.20. The normalized spacial score (nSPS) is 19.6. The Balaban J connectivity index is 0.00000176. The molecule has 0 saturated carbocycles. The standard InChI is InChI=1S/C14H17N3O2S2.ClH/c1-11-4-8-20-14(11)21(18,19)17-7-6-16-10-13(17)12-3-2-5-15-9-12;/h2-5,8-9,13,16H,6-7,10H2,1H3;1H. The molecule has 5 nitrogen and oxygen atoms in total. The zero-order chi connectivity index (χ0) is 14.9. The van der Waals surface area contributed by atoms with Crippen LogP contribution in [0.25, 0.3) is 0 Å². The lowest BCUT2D eigenvalue weighted by molar-refractivity contribution is 0.271. The monoisotopic (exact) mass is 359 g/mol. The molecule has 0 amide bonds. The van der Waals surface area contributed by atoms with Crippen LogP contribution < -0.4 is 5.32 Å². The van der Waals surface area contributed by atoms with E-state index in [-0.39, 0.29) is 18.4 Å². The van der Waals surface area contributed by atoms with Gasteiger partial charge in [-0.15, -0.1) is 23.7 Å². The maximum atomic E-state index is 12.9. The lowest BCUT2D eigenvalue weighted by atomic mass is 10.1. The molecular weight excluding hydrogens is 342 g/mol. The molecule has 1 atom stereocenters. The second-order valence-corrected chi connectivity index (χ2v) is 8.02. The highest BCUT2D eigenvalue weighted by molar-refractivity contribution is 7.91. The van der Waals surface area contributed by atoms with Crippen LogP contribution in [0.1, 0.15) is 17.2 Å². The van der Waals surface area contributed by atoms with Crippen LogP contribution in [-0.2, 0) is 10.0 Å². The van der Waals surface area contributed by atoms with Crippen LogP contribution in [0.15, 0.2) is 40.2 Å². The van der Waals surface area contributed by atoms with E-state index >= 15 is 0 Å². The van der Waals surface area contributed by atoms with E-state index in [1.54, 1.807) is 16.7 Å². The molecule has 3 heterocycles. The maximum Gasteiger partial charge on any atom is 0.253 e. The molecule has 0 radical (unpaired) electrons. The average molecular weight is 360 g/mol. The van der Waals surface area contributed by atoms with E-state index in [9.17, 15) is 8.42 Å². The summed E-state index contributed by atoms with van der Waals surface area (Å²) in [4.78, 5) is 4.11. The van der Waals surface area contributed by atoms with Crippen molar-refractivity contribution >= 4 is 33.8 Å². The van der Waals surface area contributed by atoms with Gasteiger partial charge in [-0.2, -0.15) is 4.31 Å². The first-order valence-corrected chi connectivity index (χ1v) is 9.09. The number of hydrogen-bond acceptors (Lipinski definition) is 5. The van der Waals surface area contributed by atoms with Crippen LogP contribution in [0.2, 0.25) is 0 Å². The summed E-state index contributed by atoms with van der Waals surface area (Å²) in [5.74, 6) is 0. The minimum Gasteiger partial charge on any atom is -0.313 e. The average Bonchev–Trinajstić information content (AvgIpc) is 2.95. The molecule has 0 spiro atoms. The summed E-state index contributed by atoms with van der Waals surface area (Å²) in [6.07, 6.45) is 3.43. The fourth-order valence-electron chi connectivity index (χ4n) is 2.56. The largest absolute Gasteiger partial charge is 0.313 e. The first-order chi connectivity index (χ1) is 10.1. The third kappa shape index (κ3) is 3.18. The van der Waals surface area contributed by atoms with Gasteiger partial charge in [-0.25, -0.2) is 8.42 Å². The van der Waals surface area contributed by atoms with Gasteiger partial charge in [0.2, 0.25) is 0 Å². The van der Waals surface area contributed by atoms with Crippen molar-refractivity contribution in [2.24, 2.45) is 0 Å². The second-order valence-electron chi connectivity index (χ2n) is 5.01. The van der Waals surface area contributed by atoms with Gasteiger partial charge in [0.25, 0.3) is 10.0 Å². The summed E-state index contributed by atoms with van der Waals surface area (Å²) in [6, 6.07) is 5.40. The molecule has 1 unspecified atom stereocenters. The van der Waals surface area contributed by atoms with Crippen molar-refractivity contribution in [1.29, 1.82) is 0 Å².